The van der Waals surface area contributed by atoms with Crippen molar-refractivity contribution in [3.63, 3.8) is 0 Å². The van der Waals surface area contributed by atoms with Gasteiger partial charge in [0.15, 0.2) is 0 Å². The molecule has 0 aliphatic heterocycles. The average molecular weight is 219 g/mol. The van der Waals surface area contributed by atoms with Crippen molar-refractivity contribution in [1.82, 2.24) is 10.2 Å². The molecule has 0 unspecified atom stereocenters. The average Bonchev–Trinajstić information content (AvgIpc) is 2.66. The third-order valence-electron chi connectivity index (χ3n) is 2.37. The first kappa shape index (κ1) is 10.8. The number of aromatic amines is 1. The molecule has 0 aliphatic rings. The highest BCUT2D eigenvalue weighted by Gasteiger charge is 2.02. The van der Waals surface area contributed by atoms with Crippen LogP contribution in [0.5, 0.6) is 0 Å². The third-order valence-corrected chi connectivity index (χ3v) is 2.37. The van der Waals surface area contributed by atoms with E-state index in [4.69, 9.17) is 5.73 Å². The van der Waals surface area contributed by atoms with Crippen LogP contribution in [0.2, 0.25) is 0 Å². The van der Waals surface area contributed by atoms with Gasteiger partial charge in [0.25, 0.3) is 0 Å². The zero-order valence-corrected chi connectivity index (χ0v) is 8.91. The Morgan fingerprint density at radius 2 is 2.19 bits per heavy atom. The third kappa shape index (κ3) is 2.67. The van der Waals surface area contributed by atoms with Gasteiger partial charge >= 0.3 is 0 Å². The molecule has 2 rings (SSSR count). The maximum atomic E-state index is 13.0. The van der Waals surface area contributed by atoms with Gasteiger partial charge < -0.3 is 5.73 Å². The summed E-state index contributed by atoms with van der Waals surface area (Å²) in [6.07, 6.45) is 1.43. The highest BCUT2D eigenvalue weighted by Crippen LogP contribution is 2.10. The van der Waals surface area contributed by atoms with Crippen molar-refractivity contribution >= 4 is 0 Å². The van der Waals surface area contributed by atoms with Crippen LogP contribution >= 0.6 is 0 Å². The Kier molecular flexibility index (Phi) is 3.31. The second kappa shape index (κ2) is 4.90. The minimum Gasteiger partial charge on any atom is -0.330 e. The zero-order chi connectivity index (χ0) is 11.4. The molecule has 0 saturated carbocycles. The second-order valence-corrected chi connectivity index (χ2v) is 3.73. The maximum absolute atomic E-state index is 13.0. The predicted molar refractivity (Wildman–Crippen MR) is 60.6 cm³/mol. The number of H-pyrrole nitrogens is 1. The van der Waals surface area contributed by atoms with E-state index in [1.54, 1.807) is 6.07 Å². The van der Waals surface area contributed by atoms with Crippen LogP contribution in [-0.2, 0) is 12.8 Å². The zero-order valence-electron chi connectivity index (χ0n) is 8.91. The van der Waals surface area contributed by atoms with E-state index >= 15 is 0 Å². The van der Waals surface area contributed by atoms with Gasteiger partial charge in [-0.15, -0.1) is 0 Å². The van der Waals surface area contributed by atoms with Gasteiger partial charge in [0.2, 0.25) is 0 Å². The smallest absolute Gasteiger partial charge is 0.123 e. The summed E-state index contributed by atoms with van der Waals surface area (Å²) in [5, 5.41) is 7.06. The normalized spacial score (nSPS) is 10.6. The number of hydrogen-bond donors (Lipinski definition) is 2. The summed E-state index contributed by atoms with van der Waals surface area (Å²) in [5.41, 5.74) is 8.31. The molecule has 16 heavy (non-hydrogen) atoms. The van der Waals surface area contributed by atoms with Crippen LogP contribution in [0.1, 0.15) is 17.0 Å². The van der Waals surface area contributed by atoms with E-state index in [0.717, 1.165) is 23.4 Å². The molecule has 0 amide bonds. The summed E-state index contributed by atoms with van der Waals surface area (Å²) in [5.74, 6) is -0.209. The predicted octanol–water partition coefficient (Wildman–Crippen LogP) is 1.64. The Morgan fingerprint density at radius 1 is 1.31 bits per heavy atom. The van der Waals surface area contributed by atoms with E-state index in [9.17, 15) is 4.39 Å². The number of nitrogens with one attached hydrogen (secondary N) is 1. The SMILES string of the molecule is NCCc1cc(Cc2cccc(F)c2)[nH]n1. The monoisotopic (exact) mass is 219 g/mol. The van der Waals surface area contributed by atoms with Gasteiger partial charge in [0.05, 0.1) is 5.69 Å². The maximum Gasteiger partial charge on any atom is 0.123 e. The summed E-state index contributed by atoms with van der Waals surface area (Å²) in [6.45, 7) is 0.588. The van der Waals surface area contributed by atoms with Gasteiger partial charge in [-0.25, -0.2) is 4.39 Å². The highest BCUT2D eigenvalue weighted by molar-refractivity contribution is 5.23. The van der Waals surface area contributed by atoms with Crippen LogP contribution in [0.15, 0.2) is 30.3 Å². The molecular formula is C12H14FN3. The first-order valence-electron chi connectivity index (χ1n) is 5.25. The molecule has 1 heterocycles. The molecule has 1 aromatic heterocycles. The number of rotatable bonds is 4. The fraction of sp³-hybridized carbons (Fsp3) is 0.250. The number of nitrogens with zero attached hydrogens (tertiary/aromatic N) is 1. The Hall–Kier alpha value is -1.68. The first-order chi connectivity index (χ1) is 7.78. The lowest BCUT2D eigenvalue weighted by Crippen LogP contribution is -2.02. The van der Waals surface area contributed by atoms with Crippen molar-refractivity contribution in [1.29, 1.82) is 0 Å². The lowest BCUT2D eigenvalue weighted by atomic mass is 10.1. The molecule has 1 aromatic carbocycles. The molecule has 0 aliphatic carbocycles. The van der Waals surface area contributed by atoms with Gasteiger partial charge in [-0.1, -0.05) is 12.1 Å². The molecule has 0 spiro atoms. The van der Waals surface area contributed by atoms with E-state index in [1.165, 1.54) is 12.1 Å². The second-order valence-electron chi connectivity index (χ2n) is 3.73. The van der Waals surface area contributed by atoms with Crippen molar-refractivity contribution in [2.45, 2.75) is 12.8 Å². The van der Waals surface area contributed by atoms with Gasteiger partial charge in [-0.3, -0.25) is 5.10 Å². The van der Waals surface area contributed by atoms with Crippen LogP contribution in [0, 0.1) is 5.82 Å². The Balaban J connectivity index is 2.08. The molecule has 0 bridgehead atoms. The molecule has 0 atom stereocenters. The molecule has 2 aromatic rings. The van der Waals surface area contributed by atoms with Crippen molar-refractivity contribution in [3.05, 3.63) is 53.1 Å². The van der Waals surface area contributed by atoms with Crippen LogP contribution in [0.4, 0.5) is 4.39 Å². The van der Waals surface area contributed by atoms with E-state index in [-0.39, 0.29) is 5.82 Å². The number of nitrogens with two attached hydrogens (primary N) is 1. The van der Waals surface area contributed by atoms with Gasteiger partial charge in [-0.2, -0.15) is 5.10 Å². The fourth-order valence-corrected chi connectivity index (χ4v) is 1.64. The summed E-state index contributed by atoms with van der Waals surface area (Å²) in [6, 6.07) is 8.55. The topological polar surface area (TPSA) is 54.7 Å². The molecule has 84 valence electrons. The number of hydrogen-bond acceptors (Lipinski definition) is 2. The fourth-order valence-electron chi connectivity index (χ4n) is 1.64. The van der Waals surface area contributed by atoms with Gasteiger partial charge in [-0.05, 0) is 30.3 Å². The van der Waals surface area contributed by atoms with Crippen molar-refractivity contribution in [2.75, 3.05) is 6.54 Å². The number of aromatic nitrogens is 2. The van der Waals surface area contributed by atoms with Gasteiger partial charge in [0, 0.05) is 18.5 Å². The van der Waals surface area contributed by atoms with E-state index in [2.05, 4.69) is 10.2 Å². The Bertz CT molecular complexity index is 465. The highest BCUT2D eigenvalue weighted by atomic mass is 19.1. The molecule has 3 nitrogen and oxygen atoms in total. The first-order valence-corrected chi connectivity index (χ1v) is 5.25. The quantitative estimate of drug-likeness (QED) is 0.821. The molecule has 3 N–H and O–H groups in total. The summed E-state index contributed by atoms with van der Waals surface area (Å²) in [4.78, 5) is 0. The minimum absolute atomic E-state index is 0.209. The van der Waals surface area contributed by atoms with Crippen molar-refractivity contribution < 1.29 is 4.39 Å². The van der Waals surface area contributed by atoms with E-state index in [1.807, 2.05) is 12.1 Å². The van der Waals surface area contributed by atoms with Crippen LogP contribution in [0.25, 0.3) is 0 Å². The van der Waals surface area contributed by atoms with E-state index in [0.29, 0.717) is 13.0 Å². The number of benzene rings is 1. The van der Waals surface area contributed by atoms with Crippen LogP contribution in [0.3, 0.4) is 0 Å². The van der Waals surface area contributed by atoms with Crippen LogP contribution < -0.4 is 5.73 Å². The molecular weight excluding hydrogens is 205 g/mol. The Labute approximate surface area is 93.5 Å². The lowest BCUT2D eigenvalue weighted by Gasteiger charge is -1.98. The summed E-state index contributed by atoms with van der Waals surface area (Å²) in [7, 11) is 0. The largest absolute Gasteiger partial charge is 0.330 e. The van der Waals surface area contributed by atoms with Gasteiger partial charge in [0.1, 0.15) is 5.82 Å². The van der Waals surface area contributed by atoms with Crippen molar-refractivity contribution in [2.24, 2.45) is 5.73 Å². The molecule has 0 fully saturated rings. The summed E-state index contributed by atoms with van der Waals surface area (Å²) >= 11 is 0. The van der Waals surface area contributed by atoms with Crippen LogP contribution in [-0.4, -0.2) is 16.7 Å². The Morgan fingerprint density at radius 3 is 2.94 bits per heavy atom. The molecule has 0 radical (unpaired) electrons. The van der Waals surface area contributed by atoms with E-state index < -0.39 is 0 Å². The number of halogens is 1. The minimum atomic E-state index is -0.209. The standard InChI is InChI=1S/C12H14FN3/c13-10-3-1-2-9(6-10)7-12-8-11(4-5-14)15-16-12/h1-3,6,8H,4-5,7,14H2,(H,15,16). The molecule has 0 saturated heterocycles. The lowest BCUT2D eigenvalue weighted by molar-refractivity contribution is 0.626. The summed E-state index contributed by atoms with van der Waals surface area (Å²) < 4.78 is 13.0. The van der Waals surface area contributed by atoms with Crippen molar-refractivity contribution in [3.8, 4) is 0 Å². The molecule has 4 heteroatoms.